The fourth-order valence-electron chi connectivity index (χ4n) is 2.20. The highest BCUT2D eigenvalue weighted by Crippen LogP contribution is 2.19. The lowest BCUT2D eigenvalue weighted by molar-refractivity contribution is -0.128. The number of piperidine rings is 1. The number of nitrogens with one attached hydrogen (secondary N) is 2. The van der Waals surface area contributed by atoms with Crippen LogP contribution in [0.2, 0.25) is 0 Å². The molecule has 0 aliphatic carbocycles. The number of hydrogen-bond acceptors (Lipinski definition) is 4. The molecule has 1 atom stereocenters. The van der Waals surface area contributed by atoms with Crippen LogP contribution in [-0.4, -0.2) is 37.4 Å². The Hall–Kier alpha value is -1.20. The third kappa shape index (κ3) is 4.42. The van der Waals surface area contributed by atoms with Crippen LogP contribution in [0.25, 0.3) is 0 Å². The molecule has 1 fully saturated rings. The molecule has 0 spiro atoms. The first kappa shape index (κ1) is 15.2. The second-order valence-corrected chi connectivity index (χ2v) is 5.85. The quantitative estimate of drug-likeness (QED) is 0.816. The molecule has 1 aliphatic rings. The molecule has 1 aromatic rings. The van der Waals surface area contributed by atoms with E-state index in [1.165, 1.54) is 4.90 Å². The third-order valence-corrected chi connectivity index (χ3v) is 4.17. The minimum atomic E-state index is -0.468. The summed E-state index contributed by atoms with van der Waals surface area (Å²) in [5.74, 6) is 0.696. The van der Waals surface area contributed by atoms with Gasteiger partial charge in [-0.2, -0.15) is 0 Å². The minimum absolute atomic E-state index is 0.0363. The van der Waals surface area contributed by atoms with Crippen LogP contribution < -0.4 is 15.4 Å². The van der Waals surface area contributed by atoms with E-state index in [1.54, 1.807) is 18.7 Å². The van der Waals surface area contributed by atoms with Crippen molar-refractivity contribution in [1.82, 2.24) is 10.6 Å². The molecular formula is C15H22N2O2S. The van der Waals surface area contributed by atoms with Gasteiger partial charge >= 0.3 is 0 Å². The minimum Gasteiger partial charge on any atom is -0.481 e. The maximum Gasteiger partial charge on any atom is 0.260 e. The molecule has 20 heavy (non-hydrogen) atoms. The molecule has 1 unspecified atom stereocenters. The molecule has 0 saturated carbocycles. The van der Waals surface area contributed by atoms with Gasteiger partial charge in [-0.15, -0.1) is 11.8 Å². The Balaban J connectivity index is 1.83. The summed E-state index contributed by atoms with van der Waals surface area (Å²) < 4.78 is 5.68. The standard InChI is InChI=1S/C15H22N2O2S/c1-11(15(18)17-12-7-9-16-10-8-12)19-13-3-5-14(20-2)6-4-13/h3-6,11-12,16H,7-10H2,1-2H3,(H,17,18). The molecule has 2 rings (SSSR count). The van der Waals surface area contributed by atoms with E-state index in [4.69, 9.17) is 4.74 Å². The van der Waals surface area contributed by atoms with E-state index in [0.29, 0.717) is 0 Å². The van der Waals surface area contributed by atoms with Crippen LogP contribution in [0, 0.1) is 0 Å². The van der Waals surface area contributed by atoms with E-state index in [0.717, 1.165) is 31.7 Å². The first-order valence-electron chi connectivity index (χ1n) is 7.01. The summed E-state index contributed by atoms with van der Waals surface area (Å²) in [6.45, 7) is 3.73. The van der Waals surface area contributed by atoms with Crippen LogP contribution in [0.15, 0.2) is 29.2 Å². The summed E-state index contributed by atoms with van der Waals surface area (Å²) in [7, 11) is 0. The summed E-state index contributed by atoms with van der Waals surface area (Å²) in [6.07, 6.45) is 3.54. The van der Waals surface area contributed by atoms with E-state index < -0.39 is 6.10 Å². The lowest BCUT2D eigenvalue weighted by Gasteiger charge is -2.25. The highest BCUT2D eigenvalue weighted by molar-refractivity contribution is 7.98. The average molecular weight is 294 g/mol. The summed E-state index contributed by atoms with van der Waals surface area (Å²) >= 11 is 1.69. The van der Waals surface area contributed by atoms with E-state index in [9.17, 15) is 4.79 Å². The van der Waals surface area contributed by atoms with Crippen molar-refractivity contribution < 1.29 is 9.53 Å². The Morgan fingerprint density at radius 1 is 1.35 bits per heavy atom. The van der Waals surface area contributed by atoms with Crippen molar-refractivity contribution >= 4 is 17.7 Å². The van der Waals surface area contributed by atoms with Crippen LogP contribution in [0.5, 0.6) is 5.75 Å². The molecule has 110 valence electrons. The number of amides is 1. The fraction of sp³-hybridized carbons (Fsp3) is 0.533. The number of ether oxygens (including phenoxy) is 1. The molecule has 2 N–H and O–H groups in total. The number of carbonyl (C=O) groups is 1. The number of carbonyl (C=O) groups excluding carboxylic acids is 1. The van der Waals surface area contributed by atoms with Crippen molar-refractivity contribution in [3.63, 3.8) is 0 Å². The van der Waals surface area contributed by atoms with Crippen LogP contribution in [0.1, 0.15) is 19.8 Å². The van der Waals surface area contributed by atoms with Gasteiger partial charge in [0.2, 0.25) is 0 Å². The van der Waals surface area contributed by atoms with Crippen LogP contribution in [-0.2, 0) is 4.79 Å². The number of rotatable bonds is 5. The maximum atomic E-state index is 12.1. The number of benzene rings is 1. The second-order valence-electron chi connectivity index (χ2n) is 4.97. The largest absolute Gasteiger partial charge is 0.481 e. The maximum absolute atomic E-state index is 12.1. The van der Waals surface area contributed by atoms with Gasteiger partial charge in [0.05, 0.1) is 0 Å². The van der Waals surface area contributed by atoms with Gasteiger partial charge in [0.25, 0.3) is 5.91 Å². The third-order valence-electron chi connectivity index (χ3n) is 3.43. The zero-order valence-corrected chi connectivity index (χ0v) is 12.8. The Morgan fingerprint density at radius 3 is 2.60 bits per heavy atom. The summed E-state index contributed by atoms with van der Waals surface area (Å²) in [5.41, 5.74) is 0. The Labute approximate surface area is 124 Å². The molecular weight excluding hydrogens is 272 g/mol. The highest BCUT2D eigenvalue weighted by Gasteiger charge is 2.20. The van der Waals surface area contributed by atoms with Crippen molar-refractivity contribution in [3.8, 4) is 5.75 Å². The molecule has 0 aromatic heterocycles. The number of thioether (sulfide) groups is 1. The smallest absolute Gasteiger partial charge is 0.260 e. The molecule has 5 heteroatoms. The first-order valence-corrected chi connectivity index (χ1v) is 8.23. The van der Waals surface area contributed by atoms with Crippen molar-refractivity contribution in [3.05, 3.63) is 24.3 Å². The molecule has 1 aliphatic heterocycles. The summed E-state index contributed by atoms with van der Waals surface area (Å²) in [4.78, 5) is 13.3. The molecule has 0 radical (unpaired) electrons. The van der Waals surface area contributed by atoms with E-state index in [2.05, 4.69) is 10.6 Å². The molecule has 0 bridgehead atoms. The predicted molar refractivity (Wildman–Crippen MR) is 82.3 cm³/mol. The van der Waals surface area contributed by atoms with Crippen LogP contribution in [0.3, 0.4) is 0 Å². The zero-order valence-electron chi connectivity index (χ0n) is 12.0. The van der Waals surface area contributed by atoms with E-state index in [-0.39, 0.29) is 11.9 Å². The normalized spacial score (nSPS) is 17.5. The van der Waals surface area contributed by atoms with Gasteiger partial charge in [0.1, 0.15) is 5.75 Å². The molecule has 1 heterocycles. The second kappa shape index (κ2) is 7.55. The van der Waals surface area contributed by atoms with Gasteiger partial charge in [-0.25, -0.2) is 0 Å². The van der Waals surface area contributed by atoms with Crippen LogP contribution in [0.4, 0.5) is 0 Å². The Morgan fingerprint density at radius 2 is 2.00 bits per heavy atom. The average Bonchev–Trinajstić information content (AvgIpc) is 2.49. The predicted octanol–water partition coefficient (Wildman–Crippen LogP) is 2.04. The van der Waals surface area contributed by atoms with Gasteiger partial charge in [0, 0.05) is 10.9 Å². The first-order chi connectivity index (χ1) is 9.69. The van der Waals surface area contributed by atoms with E-state index >= 15 is 0 Å². The Bertz CT molecular complexity index is 430. The van der Waals surface area contributed by atoms with Crippen molar-refractivity contribution in [2.24, 2.45) is 0 Å². The summed E-state index contributed by atoms with van der Waals surface area (Å²) in [6, 6.07) is 8.07. The van der Waals surface area contributed by atoms with Crippen molar-refractivity contribution in [2.75, 3.05) is 19.3 Å². The topological polar surface area (TPSA) is 50.4 Å². The monoisotopic (exact) mass is 294 g/mol. The van der Waals surface area contributed by atoms with Crippen LogP contribution >= 0.6 is 11.8 Å². The SMILES string of the molecule is CSc1ccc(OC(C)C(=O)NC2CCNCC2)cc1. The van der Waals surface area contributed by atoms with Crippen molar-refractivity contribution in [2.45, 2.75) is 36.8 Å². The van der Waals surface area contributed by atoms with Gasteiger partial charge in [-0.1, -0.05) is 0 Å². The van der Waals surface area contributed by atoms with E-state index in [1.807, 2.05) is 30.5 Å². The van der Waals surface area contributed by atoms with Gasteiger partial charge in [0.15, 0.2) is 6.10 Å². The molecule has 1 aromatic carbocycles. The zero-order chi connectivity index (χ0) is 14.4. The molecule has 1 amide bonds. The van der Waals surface area contributed by atoms with Gasteiger partial charge in [-0.05, 0) is 63.4 Å². The van der Waals surface area contributed by atoms with Gasteiger partial charge in [-0.3, -0.25) is 4.79 Å². The summed E-state index contributed by atoms with van der Waals surface area (Å²) in [5, 5.41) is 6.34. The molecule has 1 saturated heterocycles. The lowest BCUT2D eigenvalue weighted by Crippen LogP contribution is -2.46. The molecule has 4 nitrogen and oxygen atoms in total. The fourth-order valence-corrected chi connectivity index (χ4v) is 2.60. The Kier molecular flexibility index (Phi) is 5.73. The van der Waals surface area contributed by atoms with Crippen molar-refractivity contribution in [1.29, 1.82) is 0 Å². The lowest BCUT2D eigenvalue weighted by atomic mass is 10.1. The van der Waals surface area contributed by atoms with Gasteiger partial charge < -0.3 is 15.4 Å². The highest BCUT2D eigenvalue weighted by atomic mass is 32.2. The number of hydrogen-bond donors (Lipinski definition) is 2.